The summed E-state index contributed by atoms with van der Waals surface area (Å²) in [5, 5.41) is 9.01. The summed E-state index contributed by atoms with van der Waals surface area (Å²) in [6, 6.07) is 1.49. The SMILES string of the molecule is N[C@H](c1cc(O)ccc1Br)C(F)(F)F. The van der Waals surface area contributed by atoms with E-state index in [4.69, 9.17) is 10.8 Å². The highest BCUT2D eigenvalue weighted by molar-refractivity contribution is 9.10. The summed E-state index contributed by atoms with van der Waals surface area (Å²) in [4.78, 5) is 0. The van der Waals surface area contributed by atoms with E-state index in [2.05, 4.69) is 15.9 Å². The van der Waals surface area contributed by atoms with Gasteiger partial charge in [0.15, 0.2) is 0 Å². The quantitative estimate of drug-likeness (QED) is 0.824. The lowest BCUT2D eigenvalue weighted by molar-refractivity contribution is -0.149. The Morgan fingerprint density at radius 3 is 2.43 bits per heavy atom. The first-order valence-corrected chi connectivity index (χ1v) is 4.42. The average molecular weight is 270 g/mol. The van der Waals surface area contributed by atoms with Gasteiger partial charge in [0.1, 0.15) is 11.8 Å². The Morgan fingerprint density at radius 1 is 1.36 bits per heavy atom. The van der Waals surface area contributed by atoms with E-state index >= 15 is 0 Å². The fourth-order valence-electron chi connectivity index (χ4n) is 0.946. The van der Waals surface area contributed by atoms with Gasteiger partial charge in [0.2, 0.25) is 0 Å². The predicted octanol–water partition coefficient (Wildman–Crippen LogP) is 2.72. The van der Waals surface area contributed by atoms with Crippen molar-refractivity contribution >= 4 is 15.9 Å². The number of halogens is 4. The van der Waals surface area contributed by atoms with Gasteiger partial charge in [-0.25, -0.2) is 0 Å². The topological polar surface area (TPSA) is 46.2 Å². The Bertz CT molecular complexity index is 340. The number of alkyl halides is 3. The summed E-state index contributed by atoms with van der Waals surface area (Å²) < 4.78 is 36.9. The van der Waals surface area contributed by atoms with Gasteiger partial charge >= 0.3 is 6.18 Å². The van der Waals surface area contributed by atoms with Crippen molar-refractivity contribution in [3.05, 3.63) is 28.2 Å². The van der Waals surface area contributed by atoms with Gasteiger partial charge in [0.05, 0.1) is 0 Å². The van der Waals surface area contributed by atoms with Gasteiger partial charge in [-0.2, -0.15) is 13.2 Å². The van der Waals surface area contributed by atoms with E-state index in [0.717, 1.165) is 6.07 Å². The number of rotatable bonds is 1. The summed E-state index contributed by atoms with van der Waals surface area (Å²) in [6.07, 6.45) is -4.52. The van der Waals surface area contributed by atoms with E-state index in [1.54, 1.807) is 0 Å². The highest BCUT2D eigenvalue weighted by atomic mass is 79.9. The predicted molar refractivity (Wildman–Crippen MR) is 48.8 cm³/mol. The van der Waals surface area contributed by atoms with Crippen LogP contribution in [-0.4, -0.2) is 11.3 Å². The molecule has 3 N–H and O–H groups in total. The van der Waals surface area contributed by atoms with E-state index in [9.17, 15) is 13.2 Å². The number of aromatic hydroxyl groups is 1. The Balaban J connectivity index is 3.12. The molecule has 1 aromatic rings. The van der Waals surface area contributed by atoms with Crippen LogP contribution < -0.4 is 5.73 Å². The van der Waals surface area contributed by atoms with Gasteiger partial charge in [-0.3, -0.25) is 0 Å². The number of hydrogen-bond donors (Lipinski definition) is 2. The highest BCUT2D eigenvalue weighted by Gasteiger charge is 2.38. The van der Waals surface area contributed by atoms with Crippen molar-refractivity contribution in [2.45, 2.75) is 12.2 Å². The van der Waals surface area contributed by atoms with Crippen molar-refractivity contribution < 1.29 is 18.3 Å². The van der Waals surface area contributed by atoms with Crippen LogP contribution in [0.15, 0.2) is 22.7 Å². The number of nitrogens with two attached hydrogens (primary N) is 1. The average Bonchev–Trinajstić information content (AvgIpc) is 2.06. The van der Waals surface area contributed by atoms with Crippen LogP contribution in [0.5, 0.6) is 5.75 Å². The molecule has 0 aliphatic carbocycles. The maximum atomic E-state index is 12.2. The lowest BCUT2D eigenvalue weighted by Crippen LogP contribution is -2.28. The van der Waals surface area contributed by atoms with Crippen molar-refractivity contribution in [3.63, 3.8) is 0 Å². The molecule has 6 heteroatoms. The van der Waals surface area contributed by atoms with Gasteiger partial charge in [-0.1, -0.05) is 15.9 Å². The van der Waals surface area contributed by atoms with Gasteiger partial charge in [-0.05, 0) is 23.8 Å². The summed E-state index contributed by atoms with van der Waals surface area (Å²) in [5.41, 5.74) is 4.79. The fourth-order valence-corrected chi connectivity index (χ4v) is 1.44. The maximum Gasteiger partial charge on any atom is 0.407 e. The molecule has 0 bridgehead atoms. The molecule has 0 unspecified atom stereocenters. The third-order valence-corrected chi connectivity index (χ3v) is 2.39. The zero-order chi connectivity index (χ0) is 10.9. The lowest BCUT2D eigenvalue weighted by atomic mass is 10.1. The van der Waals surface area contributed by atoms with Crippen LogP contribution in [0.3, 0.4) is 0 Å². The van der Waals surface area contributed by atoms with Gasteiger partial charge in [0, 0.05) is 4.47 Å². The smallest absolute Gasteiger partial charge is 0.407 e. The summed E-state index contributed by atoms with van der Waals surface area (Å²) in [7, 11) is 0. The second-order valence-electron chi connectivity index (χ2n) is 2.73. The second-order valence-corrected chi connectivity index (χ2v) is 3.58. The molecule has 0 aliphatic heterocycles. The molecule has 0 saturated heterocycles. The molecule has 0 heterocycles. The van der Waals surface area contributed by atoms with E-state index in [1.807, 2.05) is 0 Å². The van der Waals surface area contributed by atoms with Crippen LogP contribution in [-0.2, 0) is 0 Å². The summed E-state index contributed by atoms with van der Waals surface area (Å²) >= 11 is 2.93. The van der Waals surface area contributed by atoms with Crippen LogP contribution in [0.2, 0.25) is 0 Å². The summed E-state index contributed by atoms with van der Waals surface area (Å²) in [5.74, 6) is -0.247. The Labute approximate surface area is 86.7 Å². The Kier molecular flexibility index (Phi) is 3.06. The van der Waals surface area contributed by atoms with Crippen LogP contribution in [0.25, 0.3) is 0 Å². The zero-order valence-corrected chi connectivity index (χ0v) is 8.43. The second kappa shape index (κ2) is 3.78. The van der Waals surface area contributed by atoms with E-state index in [0.29, 0.717) is 0 Å². The maximum absolute atomic E-state index is 12.2. The van der Waals surface area contributed by atoms with Gasteiger partial charge < -0.3 is 10.8 Å². The normalized spacial score (nSPS) is 14.1. The minimum Gasteiger partial charge on any atom is -0.508 e. The number of phenols is 1. The minimum atomic E-state index is -4.52. The van der Waals surface area contributed by atoms with Gasteiger partial charge in [0.25, 0.3) is 0 Å². The van der Waals surface area contributed by atoms with Crippen LogP contribution in [0, 0.1) is 0 Å². The minimum absolute atomic E-state index is 0.183. The standard InChI is InChI=1S/C8H7BrF3NO/c9-6-2-1-4(14)3-5(6)7(13)8(10,11)12/h1-3,7,14H,13H2/t7-/m1/s1. The molecular formula is C8H7BrF3NO. The number of benzene rings is 1. The van der Waals surface area contributed by atoms with Crippen molar-refractivity contribution in [1.29, 1.82) is 0 Å². The molecule has 0 fully saturated rings. The molecule has 14 heavy (non-hydrogen) atoms. The monoisotopic (exact) mass is 269 g/mol. The zero-order valence-electron chi connectivity index (χ0n) is 6.85. The third-order valence-electron chi connectivity index (χ3n) is 1.67. The molecule has 1 aromatic carbocycles. The van der Waals surface area contributed by atoms with E-state index in [-0.39, 0.29) is 15.8 Å². The molecule has 1 rings (SSSR count). The first-order chi connectivity index (χ1) is 6.32. The van der Waals surface area contributed by atoms with Crippen LogP contribution >= 0.6 is 15.9 Å². The molecule has 1 atom stereocenters. The molecule has 0 aliphatic rings. The van der Waals surface area contributed by atoms with Crippen LogP contribution in [0.1, 0.15) is 11.6 Å². The number of hydrogen-bond acceptors (Lipinski definition) is 2. The molecular weight excluding hydrogens is 263 g/mol. The largest absolute Gasteiger partial charge is 0.508 e. The van der Waals surface area contributed by atoms with E-state index < -0.39 is 12.2 Å². The Hall–Kier alpha value is -0.750. The molecule has 78 valence electrons. The van der Waals surface area contributed by atoms with Gasteiger partial charge in [-0.15, -0.1) is 0 Å². The van der Waals surface area contributed by atoms with Crippen LogP contribution in [0.4, 0.5) is 13.2 Å². The Morgan fingerprint density at radius 2 is 1.93 bits per heavy atom. The first kappa shape index (κ1) is 11.3. The molecule has 0 radical (unpaired) electrons. The van der Waals surface area contributed by atoms with Crippen molar-refractivity contribution in [2.24, 2.45) is 5.73 Å². The fraction of sp³-hybridized carbons (Fsp3) is 0.250. The summed E-state index contributed by atoms with van der Waals surface area (Å²) in [6.45, 7) is 0. The van der Waals surface area contributed by atoms with E-state index in [1.165, 1.54) is 12.1 Å². The molecule has 2 nitrogen and oxygen atoms in total. The van der Waals surface area contributed by atoms with Crippen molar-refractivity contribution in [1.82, 2.24) is 0 Å². The third kappa shape index (κ3) is 2.39. The number of phenolic OH excluding ortho intramolecular Hbond substituents is 1. The molecule has 0 aromatic heterocycles. The highest BCUT2D eigenvalue weighted by Crippen LogP contribution is 2.35. The van der Waals surface area contributed by atoms with Crippen molar-refractivity contribution in [2.75, 3.05) is 0 Å². The molecule has 0 spiro atoms. The molecule has 0 amide bonds. The lowest BCUT2D eigenvalue weighted by Gasteiger charge is -2.17. The first-order valence-electron chi connectivity index (χ1n) is 3.63. The molecule has 0 saturated carbocycles. The van der Waals surface area contributed by atoms with Crippen molar-refractivity contribution in [3.8, 4) is 5.75 Å².